The van der Waals surface area contributed by atoms with E-state index < -0.39 is 18.3 Å². The zero-order valence-corrected chi connectivity index (χ0v) is 9.32. The molecule has 7 heteroatoms. The molecule has 2 N–H and O–H groups in total. The van der Waals surface area contributed by atoms with Gasteiger partial charge in [-0.1, -0.05) is 11.8 Å². The van der Waals surface area contributed by atoms with Crippen LogP contribution in [0, 0.1) is 6.08 Å². The molecule has 0 saturated heterocycles. The standard InChI is InChI=1S/C9H11FN2O3S/c1-5(13)16-4-7(14)8(15)6-2-11-9(10)12-3-6/h2-3,7-8,14-15H,4H2,1H3. The molecule has 1 aromatic rings. The third-order valence-corrected chi connectivity index (χ3v) is 2.72. The van der Waals surface area contributed by atoms with Gasteiger partial charge in [0.05, 0.1) is 6.10 Å². The van der Waals surface area contributed by atoms with E-state index in [0.29, 0.717) is 0 Å². The summed E-state index contributed by atoms with van der Waals surface area (Å²) in [7, 11) is 0. The molecule has 5 nitrogen and oxygen atoms in total. The van der Waals surface area contributed by atoms with Crippen LogP contribution in [0.25, 0.3) is 0 Å². The van der Waals surface area contributed by atoms with Gasteiger partial charge in [-0.15, -0.1) is 0 Å². The average Bonchev–Trinajstić information content (AvgIpc) is 2.26. The predicted molar refractivity (Wildman–Crippen MR) is 56.1 cm³/mol. The number of aliphatic hydroxyl groups excluding tert-OH is 2. The number of thioether (sulfide) groups is 1. The zero-order chi connectivity index (χ0) is 12.1. The molecule has 0 bridgehead atoms. The molecule has 0 spiro atoms. The Bertz CT molecular complexity index is 360. The van der Waals surface area contributed by atoms with E-state index in [4.69, 9.17) is 0 Å². The van der Waals surface area contributed by atoms with Gasteiger partial charge in [-0.25, -0.2) is 9.97 Å². The molecule has 0 aliphatic heterocycles. The second-order valence-electron chi connectivity index (χ2n) is 3.10. The molecule has 2 unspecified atom stereocenters. The highest BCUT2D eigenvalue weighted by Gasteiger charge is 2.19. The number of carbonyl (C=O) groups is 1. The van der Waals surface area contributed by atoms with Gasteiger partial charge in [0.1, 0.15) is 6.10 Å². The second-order valence-corrected chi connectivity index (χ2v) is 4.30. The minimum Gasteiger partial charge on any atom is -0.389 e. The molecule has 1 aromatic heterocycles. The average molecular weight is 246 g/mol. The van der Waals surface area contributed by atoms with Crippen LogP contribution in [0.4, 0.5) is 4.39 Å². The first-order valence-corrected chi connectivity index (χ1v) is 5.46. The fourth-order valence-corrected chi connectivity index (χ4v) is 1.58. The number of halogens is 1. The highest BCUT2D eigenvalue weighted by molar-refractivity contribution is 8.13. The molecule has 0 fully saturated rings. The van der Waals surface area contributed by atoms with Crippen LogP contribution in [0.15, 0.2) is 12.4 Å². The minimum absolute atomic E-state index is 0.0634. The minimum atomic E-state index is -1.23. The van der Waals surface area contributed by atoms with Gasteiger partial charge in [0, 0.05) is 30.6 Å². The normalized spacial score (nSPS) is 14.5. The zero-order valence-electron chi connectivity index (χ0n) is 8.50. The summed E-state index contributed by atoms with van der Waals surface area (Å²) in [5.74, 6) is 0.0634. The molecule has 0 amide bonds. The van der Waals surface area contributed by atoms with Crippen molar-refractivity contribution in [3.05, 3.63) is 24.0 Å². The molecule has 2 atom stereocenters. The van der Waals surface area contributed by atoms with Gasteiger partial charge < -0.3 is 10.2 Å². The second kappa shape index (κ2) is 5.88. The summed E-state index contributed by atoms with van der Waals surface area (Å²) in [6.45, 7) is 1.37. The van der Waals surface area contributed by atoms with Gasteiger partial charge in [-0.05, 0) is 0 Å². The molecule has 0 aliphatic rings. The largest absolute Gasteiger partial charge is 0.389 e. The van der Waals surface area contributed by atoms with Crippen LogP contribution in [-0.2, 0) is 4.79 Å². The third kappa shape index (κ3) is 3.84. The molecule has 1 heterocycles. The smallest absolute Gasteiger partial charge is 0.308 e. The van der Waals surface area contributed by atoms with Gasteiger partial charge >= 0.3 is 6.08 Å². The summed E-state index contributed by atoms with van der Waals surface area (Å²) in [6, 6.07) is 0. The maximum atomic E-state index is 12.4. The molecule has 88 valence electrons. The first kappa shape index (κ1) is 13.0. The molecular weight excluding hydrogens is 235 g/mol. The fourth-order valence-electron chi connectivity index (χ4n) is 0.991. The van der Waals surface area contributed by atoms with Crippen LogP contribution in [0.3, 0.4) is 0 Å². The van der Waals surface area contributed by atoms with Crippen molar-refractivity contribution in [3.8, 4) is 0 Å². The Morgan fingerprint density at radius 1 is 1.50 bits per heavy atom. The van der Waals surface area contributed by atoms with Crippen molar-refractivity contribution in [2.75, 3.05) is 5.75 Å². The monoisotopic (exact) mass is 246 g/mol. The van der Waals surface area contributed by atoms with Crippen molar-refractivity contribution < 1.29 is 19.4 Å². The van der Waals surface area contributed by atoms with Crippen LogP contribution in [-0.4, -0.2) is 37.2 Å². The fraction of sp³-hybridized carbons (Fsp3) is 0.444. The number of hydrogen-bond acceptors (Lipinski definition) is 6. The van der Waals surface area contributed by atoms with Gasteiger partial charge in [-0.3, -0.25) is 4.79 Å². The summed E-state index contributed by atoms with van der Waals surface area (Å²) >= 11 is 0.902. The van der Waals surface area contributed by atoms with Crippen molar-refractivity contribution in [1.29, 1.82) is 0 Å². The highest BCUT2D eigenvalue weighted by atomic mass is 32.2. The molecule has 1 rings (SSSR count). The lowest BCUT2D eigenvalue weighted by Crippen LogP contribution is -2.21. The van der Waals surface area contributed by atoms with Gasteiger partial charge in [0.15, 0.2) is 5.12 Å². The Labute approximate surface area is 95.7 Å². The summed E-state index contributed by atoms with van der Waals surface area (Å²) in [4.78, 5) is 17.2. The lowest BCUT2D eigenvalue weighted by atomic mass is 10.1. The third-order valence-electron chi connectivity index (χ3n) is 1.80. The number of hydrogen-bond donors (Lipinski definition) is 2. The number of aromatic nitrogens is 2. The summed E-state index contributed by atoms with van der Waals surface area (Å²) in [5, 5.41) is 19.0. The topological polar surface area (TPSA) is 83.3 Å². The molecule has 16 heavy (non-hydrogen) atoms. The number of nitrogens with zero attached hydrogens (tertiary/aromatic N) is 2. The quantitative estimate of drug-likeness (QED) is 0.743. The highest BCUT2D eigenvalue weighted by Crippen LogP contribution is 2.18. The number of rotatable bonds is 4. The van der Waals surface area contributed by atoms with Crippen LogP contribution in [0.2, 0.25) is 0 Å². The maximum Gasteiger partial charge on any atom is 0.308 e. The van der Waals surface area contributed by atoms with Crippen molar-refractivity contribution in [2.24, 2.45) is 0 Å². The Kier molecular flexibility index (Phi) is 4.78. The number of aliphatic hydroxyl groups is 2. The van der Waals surface area contributed by atoms with E-state index in [2.05, 4.69) is 9.97 Å². The van der Waals surface area contributed by atoms with E-state index >= 15 is 0 Å². The van der Waals surface area contributed by atoms with Crippen LogP contribution >= 0.6 is 11.8 Å². The Morgan fingerprint density at radius 3 is 2.56 bits per heavy atom. The lowest BCUT2D eigenvalue weighted by molar-refractivity contribution is -0.109. The first-order valence-electron chi connectivity index (χ1n) is 4.47. The molecule has 0 saturated carbocycles. The van der Waals surface area contributed by atoms with E-state index in [-0.39, 0.29) is 16.4 Å². The predicted octanol–water partition coefficient (Wildman–Crippen LogP) is 0.290. The number of carbonyl (C=O) groups excluding carboxylic acids is 1. The molecule has 0 aliphatic carbocycles. The maximum absolute atomic E-state index is 12.4. The SMILES string of the molecule is CC(=O)SCC(O)C(O)c1cnc(F)nc1. The van der Waals surface area contributed by atoms with Crippen LogP contribution in [0.1, 0.15) is 18.6 Å². The summed E-state index contributed by atoms with van der Waals surface area (Å²) in [6.07, 6.45) is -1.07. The van der Waals surface area contributed by atoms with E-state index in [0.717, 1.165) is 24.2 Å². The van der Waals surface area contributed by atoms with Crippen molar-refractivity contribution in [2.45, 2.75) is 19.1 Å². The van der Waals surface area contributed by atoms with Gasteiger partial charge in [0.25, 0.3) is 0 Å². The Hall–Kier alpha value is -1.05. The van der Waals surface area contributed by atoms with E-state index in [1.54, 1.807) is 0 Å². The van der Waals surface area contributed by atoms with Crippen molar-refractivity contribution in [1.82, 2.24) is 9.97 Å². The van der Waals surface area contributed by atoms with Crippen LogP contribution in [0.5, 0.6) is 0 Å². The van der Waals surface area contributed by atoms with Crippen LogP contribution < -0.4 is 0 Å². The first-order chi connectivity index (χ1) is 7.50. The van der Waals surface area contributed by atoms with Crippen molar-refractivity contribution >= 4 is 16.9 Å². The molecule has 0 radical (unpaired) electrons. The molecular formula is C9H11FN2O3S. The molecule has 0 aromatic carbocycles. The lowest BCUT2D eigenvalue weighted by Gasteiger charge is -2.16. The van der Waals surface area contributed by atoms with E-state index in [1.807, 2.05) is 0 Å². The Balaban J connectivity index is 2.59. The summed E-state index contributed by atoms with van der Waals surface area (Å²) in [5.41, 5.74) is 0.207. The Morgan fingerprint density at radius 2 is 2.06 bits per heavy atom. The van der Waals surface area contributed by atoms with Crippen molar-refractivity contribution in [3.63, 3.8) is 0 Å². The van der Waals surface area contributed by atoms with Gasteiger partial charge in [0.2, 0.25) is 0 Å². The summed E-state index contributed by atoms with van der Waals surface area (Å²) < 4.78 is 12.4. The van der Waals surface area contributed by atoms with E-state index in [9.17, 15) is 19.4 Å². The van der Waals surface area contributed by atoms with Gasteiger partial charge in [-0.2, -0.15) is 4.39 Å². The van der Waals surface area contributed by atoms with E-state index in [1.165, 1.54) is 6.92 Å².